The topological polar surface area (TPSA) is 12.9 Å². The van der Waals surface area contributed by atoms with Crippen LogP contribution in [0, 0.1) is 20.8 Å². The van der Waals surface area contributed by atoms with Crippen LogP contribution in [-0.2, 0) is 0 Å². The van der Waals surface area contributed by atoms with Crippen LogP contribution in [-0.4, -0.2) is 4.98 Å². The molecule has 0 amide bonds. The number of fused-ring (bicyclic) bond motifs is 1. The van der Waals surface area contributed by atoms with Crippen molar-refractivity contribution in [2.24, 2.45) is 0 Å². The molecule has 112 valence electrons. The fourth-order valence-corrected chi connectivity index (χ4v) is 3.08. The Kier molecular flexibility index (Phi) is 3.74. The van der Waals surface area contributed by atoms with Crippen LogP contribution in [0.15, 0.2) is 42.5 Å². The second-order valence-electron chi connectivity index (χ2n) is 6.65. The van der Waals surface area contributed by atoms with E-state index in [0.29, 0.717) is 5.92 Å². The lowest BCUT2D eigenvalue weighted by molar-refractivity contribution is 0.865. The van der Waals surface area contributed by atoms with Gasteiger partial charge in [0.15, 0.2) is 0 Å². The van der Waals surface area contributed by atoms with Crippen LogP contribution in [0.3, 0.4) is 0 Å². The smallest absolute Gasteiger partial charge is 0.0744 e. The number of hydrogen-bond donors (Lipinski definition) is 0. The molecular formula is C21H23N. The molecule has 0 saturated heterocycles. The Morgan fingerprint density at radius 1 is 0.773 bits per heavy atom. The van der Waals surface area contributed by atoms with Crippen LogP contribution in [0.5, 0.6) is 0 Å². The normalized spacial score (nSPS) is 11.4. The highest BCUT2D eigenvalue weighted by Gasteiger charge is 2.13. The van der Waals surface area contributed by atoms with Gasteiger partial charge in [0.1, 0.15) is 0 Å². The molecule has 0 radical (unpaired) electrons. The summed E-state index contributed by atoms with van der Waals surface area (Å²) in [5, 5.41) is 1.22. The van der Waals surface area contributed by atoms with Crippen LogP contribution in [0.2, 0.25) is 0 Å². The highest BCUT2D eigenvalue weighted by molar-refractivity contribution is 5.84. The van der Waals surface area contributed by atoms with Gasteiger partial charge in [0.2, 0.25) is 0 Å². The third-order valence-electron chi connectivity index (χ3n) is 4.12. The minimum absolute atomic E-state index is 0.453. The largest absolute Gasteiger partial charge is 0.247 e. The fraction of sp³-hybridized carbons (Fsp3) is 0.286. The van der Waals surface area contributed by atoms with Crippen molar-refractivity contribution in [1.82, 2.24) is 4.98 Å². The highest BCUT2D eigenvalue weighted by atomic mass is 14.7. The lowest BCUT2D eigenvalue weighted by atomic mass is 9.93. The summed E-state index contributed by atoms with van der Waals surface area (Å²) in [7, 11) is 0. The van der Waals surface area contributed by atoms with Crippen LogP contribution in [0.25, 0.3) is 22.2 Å². The first kappa shape index (κ1) is 14.8. The zero-order chi connectivity index (χ0) is 15.9. The van der Waals surface area contributed by atoms with E-state index in [4.69, 9.17) is 4.98 Å². The average molecular weight is 289 g/mol. The molecule has 3 aromatic rings. The van der Waals surface area contributed by atoms with Gasteiger partial charge in [0.05, 0.1) is 11.2 Å². The zero-order valence-electron chi connectivity index (χ0n) is 14.1. The highest BCUT2D eigenvalue weighted by Crippen LogP contribution is 2.32. The molecule has 0 unspecified atom stereocenters. The van der Waals surface area contributed by atoms with Crippen molar-refractivity contribution in [3.05, 3.63) is 64.7 Å². The van der Waals surface area contributed by atoms with Gasteiger partial charge in [-0.25, -0.2) is 4.98 Å². The van der Waals surface area contributed by atoms with Gasteiger partial charge in [0, 0.05) is 10.9 Å². The Balaban J connectivity index is 2.32. The number of aromatic nitrogens is 1. The second-order valence-corrected chi connectivity index (χ2v) is 6.65. The summed E-state index contributed by atoms with van der Waals surface area (Å²) in [6.07, 6.45) is 0. The van der Waals surface area contributed by atoms with E-state index >= 15 is 0 Å². The van der Waals surface area contributed by atoms with E-state index < -0.39 is 0 Å². The first-order chi connectivity index (χ1) is 10.4. The molecule has 0 bridgehead atoms. The Labute approximate surface area is 133 Å². The molecule has 0 aliphatic carbocycles. The standard InChI is InChI=1S/C21H23N/c1-13(2)19-12-17-7-6-14(3)11-20(17)22-21(19)18-9-15(4)8-16(5)10-18/h6-13H,1-5H3. The summed E-state index contributed by atoms with van der Waals surface area (Å²) in [4.78, 5) is 5.01. The summed E-state index contributed by atoms with van der Waals surface area (Å²) in [5.41, 5.74) is 8.58. The summed E-state index contributed by atoms with van der Waals surface area (Å²) in [6, 6.07) is 15.5. The SMILES string of the molecule is Cc1cc(C)cc(-c2nc3cc(C)ccc3cc2C(C)C)c1. The molecule has 3 rings (SSSR count). The van der Waals surface area contributed by atoms with E-state index in [1.54, 1.807) is 0 Å². The van der Waals surface area contributed by atoms with E-state index in [0.717, 1.165) is 11.2 Å². The molecule has 0 aliphatic heterocycles. The van der Waals surface area contributed by atoms with Crippen LogP contribution in [0.1, 0.15) is 42.0 Å². The third-order valence-corrected chi connectivity index (χ3v) is 4.12. The van der Waals surface area contributed by atoms with Crippen LogP contribution in [0.4, 0.5) is 0 Å². The number of pyridine rings is 1. The molecule has 0 saturated carbocycles. The molecule has 22 heavy (non-hydrogen) atoms. The van der Waals surface area contributed by atoms with Crippen molar-refractivity contribution >= 4 is 10.9 Å². The van der Waals surface area contributed by atoms with Gasteiger partial charge < -0.3 is 0 Å². The summed E-state index contributed by atoms with van der Waals surface area (Å²) in [6.45, 7) is 10.9. The second kappa shape index (κ2) is 5.57. The van der Waals surface area contributed by atoms with Crippen molar-refractivity contribution in [2.45, 2.75) is 40.5 Å². The van der Waals surface area contributed by atoms with Gasteiger partial charge in [0.25, 0.3) is 0 Å². The van der Waals surface area contributed by atoms with Crippen molar-refractivity contribution in [3.8, 4) is 11.3 Å². The van der Waals surface area contributed by atoms with E-state index in [1.165, 1.54) is 33.2 Å². The first-order valence-electron chi connectivity index (χ1n) is 7.94. The molecule has 0 fully saturated rings. The Hall–Kier alpha value is -2.15. The molecule has 0 N–H and O–H groups in total. The van der Waals surface area contributed by atoms with Gasteiger partial charge in [-0.05, 0) is 62.1 Å². The zero-order valence-corrected chi connectivity index (χ0v) is 14.1. The maximum atomic E-state index is 5.01. The van der Waals surface area contributed by atoms with Crippen LogP contribution >= 0.6 is 0 Å². The van der Waals surface area contributed by atoms with Gasteiger partial charge >= 0.3 is 0 Å². The molecule has 1 heteroatoms. The van der Waals surface area contributed by atoms with Gasteiger partial charge in [-0.3, -0.25) is 0 Å². The number of benzene rings is 2. The minimum Gasteiger partial charge on any atom is -0.247 e. The predicted molar refractivity (Wildman–Crippen MR) is 95.5 cm³/mol. The molecule has 0 aliphatic rings. The Bertz CT molecular complexity index is 824. The molecule has 0 spiro atoms. The lowest BCUT2D eigenvalue weighted by Crippen LogP contribution is -1.98. The number of aryl methyl sites for hydroxylation is 3. The van der Waals surface area contributed by atoms with E-state index in [2.05, 4.69) is 77.1 Å². The van der Waals surface area contributed by atoms with Gasteiger partial charge in [-0.1, -0.05) is 43.2 Å². The van der Waals surface area contributed by atoms with Crippen molar-refractivity contribution in [2.75, 3.05) is 0 Å². The Morgan fingerprint density at radius 2 is 1.45 bits per heavy atom. The summed E-state index contributed by atoms with van der Waals surface area (Å²) in [5.74, 6) is 0.453. The van der Waals surface area contributed by atoms with Gasteiger partial charge in [-0.15, -0.1) is 0 Å². The van der Waals surface area contributed by atoms with Crippen LogP contribution < -0.4 is 0 Å². The Morgan fingerprint density at radius 3 is 2.09 bits per heavy atom. The molecule has 2 aromatic carbocycles. The van der Waals surface area contributed by atoms with Crippen molar-refractivity contribution in [3.63, 3.8) is 0 Å². The molecule has 1 aromatic heterocycles. The predicted octanol–water partition coefficient (Wildman–Crippen LogP) is 5.95. The molecule has 1 heterocycles. The fourth-order valence-electron chi connectivity index (χ4n) is 3.08. The van der Waals surface area contributed by atoms with E-state index in [-0.39, 0.29) is 0 Å². The molecular weight excluding hydrogens is 266 g/mol. The third kappa shape index (κ3) is 2.76. The van der Waals surface area contributed by atoms with E-state index in [1.807, 2.05) is 0 Å². The quantitative estimate of drug-likeness (QED) is 0.568. The number of hydrogen-bond acceptors (Lipinski definition) is 1. The molecule has 0 atom stereocenters. The van der Waals surface area contributed by atoms with Gasteiger partial charge in [-0.2, -0.15) is 0 Å². The minimum atomic E-state index is 0.453. The lowest BCUT2D eigenvalue weighted by Gasteiger charge is -2.15. The maximum Gasteiger partial charge on any atom is 0.0744 e. The number of nitrogens with zero attached hydrogens (tertiary/aromatic N) is 1. The summed E-state index contributed by atoms with van der Waals surface area (Å²) < 4.78 is 0. The van der Waals surface area contributed by atoms with Crippen molar-refractivity contribution < 1.29 is 0 Å². The maximum absolute atomic E-state index is 5.01. The number of rotatable bonds is 2. The molecule has 1 nitrogen and oxygen atoms in total. The monoisotopic (exact) mass is 289 g/mol. The first-order valence-corrected chi connectivity index (χ1v) is 7.94. The average Bonchev–Trinajstić information content (AvgIpc) is 2.44. The van der Waals surface area contributed by atoms with Crippen molar-refractivity contribution in [1.29, 1.82) is 0 Å². The summed E-state index contributed by atoms with van der Waals surface area (Å²) >= 11 is 0. The van der Waals surface area contributed by atoms with E-state index in [9.17, 15) is 0 Å².